The third-order valence-corrected chi connectivity index (χ3v) is 3.88. The minimum absolute atomic E-state index is 0.362. The summed E-state index contributed by atoms with van der Waals surface area (Å²) in [6, 6.07) is 7.60. The van der Waals surface area contributed by atoms with Crippen molar-refractivity contribution in [3.8, 4) is 5.75 Å². The fraction of sp³-hybridized carbons (Fsp3) is 0.467. The highest BCUT2D eigenvalue weighted by Crippen LogP contribution is 2.41. The number of carbonyl (C=O) groups is 2. The molecule has 20 heavy (non-hydrogen) atoms. The highest BCUT2D eigenvalue weighted by atomic mass is 16.5. The number of hydrogen-bond donors (Lipinski definition) is 2. The summed E-state index contributed by atoms with van der Waals surface area (Å²) in [6.07, 6.45) is 2.33. The maximum atomic E-state index is 12.0. The molecule has 0 unspecified atom stereocenters. The standard InChI is InChI=1S/C15H19NO4/c1-20-12-5-2-4-11(10-12)6-9-16-13(17)15(14(18)19)7-3-8-15/h2,4-5,10H,3,6-9H2,1H3,(H,16,17)(H,18,19). The SMILES string of the molecule is COc1cccc(CCNC(=O)C2(C(=O)O)CCC2)c1. The van der Waals surface area contributed by atoms with Crippen LogP contribution in [0.2, 0.25) is 0 Å². The molecule has 5 heteroatoms. The molecule has 1 aromatic carbocycles. The Morgan fingerprint density at radius 2 is 2.15 bits per heavy atom. The van der Waals surface area contributed by atoms with Gasteiger partial charge in [-0.2, -0.15) is 0 Å². The number of rotatable bonds is 6. The first-order valence-corrected chi connectivity index (χ1v) is 6.73. The fourth-order valence-corrected chi connectivity index (χ4v) is 2.39. The van der Waals surface area contributed by atoms with Gasteiger partial charge in [-0.15, -0.1) is 0 Å². The van der Waals surface area contributed by atoms with Gasteiger partial charge in [0.1, 0.15) is 11.2 Å². The lowest BCUT2D eigenvalue weighted by molar-refractivity contribution is -0.162. The number of hydrogen-bond acceptors (Lipinski definition) is 3. The molecule has 2 rings (SSSR count). The molecule has 0 spiro atoms. The maximum absolute atomic E-state index is 12.0. The fourth-order valence-electron chi connectivity index (χ4n) is 2.39. The van der Waals surface area contributed by atoms with Crippen molar-refractivity contribution < 1.29 is 19.4 Å². The Balaban J connectivity index is 1.86. The van der Waals surface area contributed by atoms with Crippen molar-refractivity contribution in [3.05, 3.63) is 29.8 Å². The molecule has 1 saturated carbocycles. The average molecular weight is 277 g/mol. The van der Waals surface area contributed by atoms with Gasteiger partial charge in [0.05, 0.1) is 7.11 Å². The molecule has 5 nitrogen and oxygen atoms in total. The van der Waals surface area contributed by atoms with Gasteiger partial charge in [-0.25, -0.2) is 0 Å². The van der Waals surface area contributed by atoms with Crippen LogP contribution >= 0.6 is 0 Å². The lowest BCUT2D eigenvalue weighted by atomic mass is 9.68. The van der Waals surface area contributed by atoms with Crippen molar-refractivity contribution in [3.63, 3.8) is 0 Å². The third kappa shape index (κ3) is 2.76. The second kappa shape index (κ2) is 5.94. The van der Waals surface area contributed by atoms with E-state index >= 15 is 0 Å². The first-order chi connectivity index (χ1) is 9.58. The summed E-state index contributed by atoms with van der Waals surface area (Å²) >= 11 is 0. The van der Waals surface area contributed by atoms with Crippen LogP contribution in [0.15, 0.2) is 24.3 Å². The zero-order chi connectivity index (χ0) is 14.6. The van der Waals surface area contributed by atoms with Crippen molar-refractivity contribution in [1.82, 2.24) is 5.32 Å². The number of amides is 1. The number of carboxylic acid groups (broad SMARTS) is 1. The highest BCUT2D eigenvalue weighted by Gasteiger charge is 2.50. The molecule has 0 atom stereocenters. The topological polar surface area (TPSA) is 75.6 Å². The number of ether oxygens (including phenoxy) is 1. The summed E-state index contributed by atoms with van der Waals surface area (Å²) < 4.78 is 5.13. The van der Waals surface area contributed by atoms with Crippen LogP contribution in [-0.4, -0.2) is 30.6 Å². The van der Waals surface area contributed by atoms with E-state index in [9.17, 15) is 9.59 Å². The zero-order valence-corrected chi connectivity index (χ0v) is 11.5. The number of aliphatic carboxylic acids is 1. The van der Waals surface area contributed by atoms with E-state index in [2.05, 4.69) is 5.32 Å². The second-order valence-electron chi connectivity index (χ2n) is 5.10. The van der Waals surface area contributed by atoms with E-state index in [0.29, 0.717) is 25.8 Å². The van der Waals surface area contributed by atoms with Crippen molar-refractivity contribution in [2.45, 2.75) is 25.7 Å². The summed E-state index contributed by atoms with van der Waals surface area (Å²) in [5, 5.41) is 11.9. The highest BCUT2D eigenvalue weighted by molar-refractivity contribution is 6.02. The first kappa shape index (κ1) is 14.4. The monoisotopic (exact) mass is 277 g/mol. The predicted molar refractivity (Wildman–Crippen MR) is 73.6 cm³/mol. The molecule has 0 aliphatic heterocycles. The number of nitrogens with one attached hydrogen (secondary N) is 1. The van der Waals surface area contributed by atoms with Crippen LogP contribution in [-0.2, 0) is 16.0 Å². The predicted octanol–water partition coefficient (Wildman–Crippen LogP) is 1.61. The molecule has 0 saturated heterocycles. The molecular weight excluding hydrogens is 258 g/mol. The van der Waals surface area contributed by atoms with E-state index in [-0.39, 0.29) is 5.91 Å². The number of benzene rings is 1. The van der Waals surface area contributed by atoms with Crippen LogP contribution in [0.25, 0.3) is 0 Å². The quantitative estimate of drug-likeness (QED) is 0.775. The summed E-state index contributed by atoms with van der Waals surface area (Å²) in [5.41, 5.74) is -0.142. The van der Waals surface area contributed by atoms with Gasteiger partial charge in [0.15, 0.2) is 0 Å². The van der Waals surface area contributed by atoms with E-state index < -0.39 is 11.4 Å². The van der Waals surface area contributed by atoms with Crippen LogP contribution in [0.3, 0.4) is 0 Å². The van der Waals surface area contributed by atoms with E-state index in [1.165, 1.54) is 0 Å². The molecule has 1 aliphatic rings. The van der Waals surface area contributed by atoms with Gasteiger partial charge in [-0.05, 0) is 37.0 Å². The number of methoxy groups -OCH3 is 1. The molecule has 2 N–H and O–H groups in total. The summed E-state index contributed by atoms with van der Waals surface area (Å²) in [5.74, 6) is -0.600. The molecule has 108 valence electrons. The molecule has 0 bridgehead atoms. The zero-order valence-electron chi connectivity index (χ0n) is 11.5. The van der Waals surface area contributed by atoms with E-state index in [1.807, 2.05) is 24.3 Å². The smallest absolute Gasteiger partial charge is 0.319 e. The van der Waals surface area contributed by atoms with Crippen molar-refractivity contribution >= 4 is 11.9 Å². The lowest BCUT2D eigenvalue weighted by Gasteiger charge is -2.35. The third-order valence-electron chi connectivity index (χ3n) is 3.88. The molecule has 1 aromatic rings. The molecule has 0 aromatic heterocycles. The van der Waals surface area contributed by atoms with Crippen molar-refractivity contribution in [2.75, 3.05) is 13.7 Å². The van der Waals surface area contributed by atoms with Gasteiger partial charge in [-0.3, -0.25) is 9.59 Å². The molecule has 1 amide bonds. The summed E-state index contributed by atoms with van der Waals surface area (Å²) in [4.78, 5) is 23.2. The average Bonchev–Trinajstić information content (AvgIpc) is 2.37. The lowest BCUT2D eigenvalue weighted by Crippen LogP contribution is -2.51. The molecule has 1 fully saturated rings. The molecular formula is C15H19NO4. The van der Waals surface area contributed by atoms with Crippen LogP contribution < -0.4 is 10.1 Å². The van der Waals surface area contributed by atoms with Gasteiger partial charge in [0.2, 0.25) is 5.91 Å². The Kier molecular flexibility index (Phi) is 4.27. The Labute approximate surface area is 117 Å². The number of carboxylic acids is 1. The van der Waals surface area contributed by atoms with Gasteiger partial charge in [0.25, 0.3) is 0 Å². The van der Waals surface area contributed by atoms with Crippen LogP contribution in [0.5, 0.6) is 5.75 Å². The van der Waals surface area contributed by atoms with Crippen LogP contribution in [0.4, 0.5) is 0 Å². The largest absolute Gasteiger partial charge is 0.497 e. The molecule has 1 aliphatic carbocycles. The Hall–Kier alpha value is -2.04. The summed E-state index contributed by atoms with van der Waals surface area (Å²) in [7, 11) is 1.61. The Morgan fingerprint density at radius 1 is 1.40 bits per heavy atom. The van der Waals surface area contributed by atoms with Gasteiger partial charge < -0.3 is 15.2 Å². The van der Waals surface area contributed by atoms with E-state index in [4.69, 9.17) is 9.84 Å². The molecule has 0 radical (unpaired) electrons. The number of carbonyl (C=O) groups excluding carboxylic acids is 1. The van der Waals surface area contributed by atoms with Crippen LogP contribution in [0, 0.1) is 5.41 Å². The van der Waals surface area contributed by atoms with E-state index in [1.54, 1.807) is 7.11 Å². The van der Waals surface area contributed by atoms with Crippen molar-refractivity contribution in [2.24, 2.45) is 5.41 Å². The Morgan fingerprint density at radius 3 is 2.70 bits per heavy atom. The first-order valence-electron chi connectivity index (χ1n) is 6.73. The normalized spacial score (nSPS) is 16.1. The van der Waals surface area contributed by atoms with Gasteiger partial charge in [0, 0.05) is 6.54 Å². The van der Waals surface area contributed by atoms with E-state index in [0.717, 1.165) is 17.7 Å². The van der Waals surface area contributed by atoms with Crippen LogP contribution in [0.1, 0.15) is 24.8 Å². The Bertz CT molecular complexity index is 508. The van der Waals surface area contributed by atoms with Crippen molar-refractivity contribution in [1.29, 1.82) is 0 Å². The molecule has 0 heterocycles. The minimum atomic E-state index is -1.19. The second-order valence-corrected chi connectivity index (χ2v) is 5.10. The summed E-state index contributed by atoms with van der Waals surface area (Å²) in [6.45, 7) is 0.432. The van der Waals surface area contributed by atoms with Gasteiger partial charge >= 0.3 is 5.97 Å². The van der Waals surface area contributed by atoms with Gasteiger partial charge in [-0.1, -0.05) is 18.6 Å². The maximum Gasteiger partial charge on any atom is 0.319 e. The minimum Gasteiger partial charge on any atom is -0.497 e.